The number of fused-ring (bicyclic) bond motifs is 1. The second-order valence-electron chi connectivity index (χ2n) is 4.85. The number of carbonyl (C=O) groups excluding carboxylic acids is 1. The van der Waals surface area contributed by atoms with Crippen molar-refractivity contribution in [2.75, 3.05) is 25.0 Å². The molecule has 2 rings (SSSR count). The first-order chi connectivity index (χ1) is 8.72. The minimum absolute atomic E-state index is 0.0802. The molecule has 3 nitrogen and oxygen atoms in total. The zero-order valence-corrected chi connectivity index (χ0v) is 11.3. The zero-order chi connectivity index (χ0) is 13.0. The standard InChI is InChI=1S/C15H22N2O/c1-3-17(4-2)11-15(18)16-14-9-8-12-6-5-7-13(12)10-14/h8-10H,3-7,11H2,1-2H3,(H,16,18). The van der Waals surface area contributed by atoms with Crippen LogP contribution in [-0.4, -0.2) is 30.4 Å². The van der Waals surface area contributed by atoms with Crippen molar-refractivity contribution in [1.82, 2.24) is 4.90 Å². The van der Waals surface area contributed by atoms with Crippen LogP contribution in [0.3, 0.4) is 0 Å². The van der Waals surface area contributed by atoms with E-state index in [1.54, 1.807) is 0 Å². The van der Waals surface area contributed by atoms with Crippen LogP contribution in [0.1, 0.15) is 31.4 Å². The van der Waals surface area contributed by atoms with Gasteiger partial charge < -0.3 is 5.32 Å². The van der Waals surface area contributed by atoms with Crippen molar-refractivity contribution >= 4 is 11.6 Å². The lowest BCUT2D eigenvalue weighted by molar-refractivity contribution is -0.117. The fraction of sp³-hybridized carbons (Fsp3) is 0.533. The number of benzene rings is 1. The van der Waals surface area contributed by atoms with E-state index in [9.17, 15) is 4.79 Å². The van der Waals surface area contributed by atoms with Crippen molar-refractivity contribution < 1.29 is 4.79 Å². The van der Waals surface area contributed by atoms with Crippen molar-refractivity contribution in [1.29, 1.82) is 0 Å². The van der Waals surface area contributed by atoms with E-state index in [1.165, 1.54) is 24.0 Å². The van der Waals surface area contributed by atoms with Gasteiger partial charge >= 0.3 is 0 Å². The Morgan fingerprint density at radius 3 is 2.67 bits per heavy atom. The minimum atomic E-state index is 0.0802. The highest BCUT2D eigenvalue weighted by Crippen LogP contribution is 2.24. The smallest absolute Gasteiger partial charge is 0.238 e. The first-order valence-corrected chi connectivity index (χ1v) is 6.87. The highest BCUT2D eigenvalue weighted by atomic mass is 16.2. The lowest BCUT2D eigenvalue weighted by Gasteiger charge is -2.17. The van der Waals surface area contributed by atoms with E-state index in [1.807, 2.05) is 6.07 Å². The number of amides is 1. The molecule has 1 aliphatic carbocycles. The molecule has 0 radical (unpaired) electrons. The molecule has 0 fully saturated rings. The van der Waals surface area contributed by atoms with E-state index in [4.69, 9.17) is 0 Å². The summed E-state index contributed by atoms with van der Waals surface area (Å²) in [5.74, 6) is 0.0802. The molecular weight excluding hydrogens is 224 g/mol. The van der Waals surface area contributed by atoms with Crippen LogP contribution < -0.4 is 5.32 Å². The lowest BCUT2D eigenvalue weighted by Crippen LogP contribution is -2.32. The number of hydrogen-bond acceptors (Lipinski definition) is 2. The molecule has 1 aromatic carbocycles. The first kappa shape index (κ1) is 13.1. The number of carbonyl (C=O) groups is 1. The van der Waals surface area contributed by atoms with Crippen molar-refractivity contribution in [3.05, 3.63) is 29.3 Å². The third-order valence-electron chi connectivity index (χ3n) is 3.64. The summed E-state index contributed by atoms with van der Waals surface area (Å²) in [7, 11) is 0. The number of rotatable bonds is 5. The Labute approximate surface area is 109 Å². The fourth-order valence-corrected chi connectivity index (χ4v) is 2.50. The second-order valence-corrected chi connectivity index (χ2v) is 4.85. The van der Waals surface area contributed by atoms with Gasteiger partial charge in [0.25, 0.3) is 0 Å². The van der Waals surface area contributed by atoms with Crippen LogP contribution in [0.4, 0.5) is 5.69 Å². The van der Waals surface area contributed by atoms with Gasteiger partial charge in [0.1, 0.15) is 0 Å². The maximum atomic E-state index is 11.9. The first-order valence-electron chi connectivity index (χ1n) is 6.87. The Bertz CT molecular complexity index is 425. The Hall–Kier alpha value is -1.35. The van der Waals surface area contributed by atoms with Crippen molar-refractivity contribution in [3.63, 3.8) is 0 Å². The monoisotopic (exact) mass is 246 g/mol. The van der Waals surface area contributed by atoms with E-state index >= 15 is 0 Å². The maximum absolute atomic E-state index is 11.9. The Morgan fingerprint density at radius 1 is 1.22 bits per heavy atom. The topological polar surface area (TPSA) is 32.3 Å². The molecule has 0 heterocycles. The number of aryl methyl sites for hydroxylation is 2. The molecule has 0 aliphatic heterocycles. The van der Waals surface area contributed by atoms with Gasteiger partial charge in [-0.15, -0.1) is 0 Å². The largest absolute Gasteiger partial charge is 0.325 e. The van der Waals surface area contributed by atoms with E-state index < -0.39 is 0 Å². The van der Waals surface area contributed by atoms with Gasteiger partial charge in [0, 0.05) is 5.69 Å². The van der Waals surface area contributed by atoms with Crippen molar-refractivity contribution in [2.45, 2.75) is 33.1 Å². The van der Waals surface area contributed by atoms with Gasteiger partial charge in [-0.2, -0.15) is 0 Å². The molecule has 0 spiro atoms. The number of nitrogens with one attached hydrogen (secondary N) is 1. The molecule has 18 heavy (non-hydrogen) atoms. The second kappa shape index (κ2) is 6.01. The zero-order valence-electron chi connectivity index (χ0n) is 11.3. The Balaban J connectivity index is 1.95. The average molecular weight is 246 g/mol. The van der Waals surface area contributed by atoms with Crippen LogP contribution in [0.5, 0.6) is 0 Å². The molecule has 0 aromatic heterocycles. The normalized spacial score (nSPS) is 13.7. The van der Waals surface area contributed by atoms with Gasteiger partial charge in [-0.05, 0) is 55.6 Å². The third-order valence-corrected chi connectivity index (χ3v) is 3.64. The van der Waals surface area contributed by atoms with E-state index in [-0.39, 0.29) is 5.91 Å². The number of hydrogen-bond donors (Lipinski definition) is 1. The number of anilines is 1. The molecule has 3 heteroatoms. The van der Waals surface area contributed by atoms with Gasteiger partial charge in [0.15, 0.2) is 0 Å². The van der Waals surface area contributed by atoms with Gasteiger partial charge in [0.05, 0.1) is 6.54 Å². The number of likely N-dealkylation sites (N-methyl/N-ethyl adjacent to an activating group) is 1. The molecule has 1 aromatic rings. The minimum Gasteiger partial charge on any atom is -0.325 e. The van der Waals surface area contributed by atoms with Crippen LogP contribution in [0.2, 0.25) is 0 Å². The average Bonchev–Trinajstić information content (AvgIpc) is 2.83. The summed E-state index contributed by atoms with van der Waals surface area (Å²) in [5.41, 5.74) is 3.78. The summed E-state index contributed by atoms with van der Waals surface area (Å²) in [5, 5.41) is 2.99. The molecule has 0 saturated heterocycles. The molecule has 1 amide bonds. The van der Waals surface area contributed by atoms with E-state index in [0.717, 1.165) is 25.2 Å². The van der Waals surface area contributed by atoms with Crippen molar-refractivity contribution in [2.24, 2.45) is 0 Å². The van der Waals surface area contributed by atoms with Gasteiger partial charge in [-0.3, -0.25) is 9.69 Å². The summed E-state index contributed by atoms with van der Waals surface area (Å²) in [6.07, 6.45) is 3.57. The molecular formula is C15H22N2O. The molecule has 0 atom stereocenters. The molecule has 1 N–H and O–H groups in total. The van der Waals surface area contributed by atoms with Crippen LogP contribution >= 0.6 is 0 Å². The number of nitrogens with zero attached hydrogens (tertiary/aromatic N) is 1. The predicted molar refractivity (Wildman–Crippen MR) is 74.9 cm³/mol. The molecule has 98 valence electrons. The summed E-state index contributed by atoms with van der Waals surface area (Å²) < 4.78 is 0. The highest BCUT2D eigenvalue weighted by Gasteiger charge is 2.12. The van der Waals surface area contributed by atoms with Crippen molar-refractivity contribution in [3.8, 4) is 0 Å². The lowest BCUT2D eigenvalue weighted by atomic mass is 10.1. The Morgan fingerprint density at radius 2 is 1.94 bits per heavy atom. The summed E-state index contributed by atoms with van der Waals surface area (Å²) in [6, 6.07) is 6.29. The highest BCUT2D eigenvalue weighted by molar-refractivity contribution is 5.92. The molecule has 1 aliphatic rings. The molecule has 0 unspecified atom stereocenters. The van der Waals surface area contributed by atoms with Crippen LogP contribution in [0.25, 0.3) is 0 Å². The molecule has 0 saturated carbocycles. The third kappa shape index (κ3) is 3.10. The van der Waals surface area contributed by atoms with Gasteiger partial charge in [-0.25, -0.2) is 0 Å². The van der Waals surface area contributed by atoms with Crippen LogP contribution in [0, 0.1) is 0 Å². The van der Waals surface area contributed by atoms with E-state index in [0.29, 0.717) is 6.54 Å². The van der Waals surface area contributed by atoms with Gasteiger partial charge in [0.2, 0.25) is 5.91 Å². The maximum Gasteiger partial charge on any atom is 0.238 e. The van der Waals surface area contributed by atoms with E-state index in [2.05, 4.69) is 36.2 Å². The summed E-state index contributed by atoms with van der Waals surface area (Å²) in [6.45, 7) is 6.45. The Kier molecular flexibility index (Phi) is 4.37. The quantitative estimate of drug-likeness (QED) is 0.865. The van der Waals surface area contributed by atoms with Crippen LogP contribution in [0.15, 0.2) is 18.2 Å². The summed E-state index contributed by atoms with van der Waals surface area (Å²) >= 11 is 0. The van der Waals surface area contributed by atoms with Gasteiger partial charge in [-0.1, -0.05) is 19.9 Å². The SMILES string of the molecule is CCN(CC)CC(=O)Nc1ccc2c(c1)CCC2. The molecule has 0 bridgehead atoms. The predicted octanol–water partition coefficient (Wildman–Crippen LogP) is 2.46. The van der Waals surface area contributed by atoms with Crippen LogP contribution in [-0.2, 0) is 17.6 Å². The summed E-state index contributed by atoms with van der Waals surface area (Å²) in [4.78, 5) is 14.0. The fourth-order valence-electron chi connectivity index (χ4n) is 2.50.